The monoisotopic (exact) mass is 294 g/mol. The zero-order valence-corrected chi connectivity index (χ0v) is 14.2. The molecule has 2 rings (SSSR count). The highest BCUT2D eigenvalue weighted by Gasteiger charge is 2.58. The Balaban J connectivity index is 2.20. The Morgan fingerprint density at radius 1 is 1.29 bits per heavy atom. The Morgan fingerprint density at radius 2 is 1.90 bits per heavy atom. The largest absolute Gasteiger partial charge is 0.340 e. The first-order valence-corrected chi connectivity index (χ1v) is 8.40. The maximum Gasteiger partial charge on any atom is 0.249 e. The van der Waals surface area contributed by atoms with E-state index >= 15 is 0 Å². The van der Waals surface area contributed by atoms with Crippen molar-refractivity contribution in [2.75, 3.05) is 6.54 Å². The van der Waals surface area contributed by atoms with Crippen LogP contribution in [0.4, 0.5) is 0 Å². The topological polar surface area (TPSA) is 49.4 Å². The third kappa shape index (κ3) is 2.82. The van der Waals surface area contributed by atoms with Crippen LogP contribution >= 0.6 is 0 Å². The first kappa shape index (κ1) is 16.3. The van der Waals surface area contributed by atoms with Gasteiger partial charge in [-0.2, -0.15) is 0 Å². The average molecular weight is 294 g/mol. The van der Waals surface area contributed by atoms with E-state index in [-0.39, 0.29) is 11.8 Å². The first-order chi connectivity index (χ1) is 9.75. The van der Waals surface area contributed by atoms with Gasteiger partial charge in [-0.1, -0.05) is 20.8 Å². The summed E-state index contributed by atoms with van der Waals surface area (Å²) < 4.78 is 0. The predicted molar refractivity (Wildman–Crippen MR) is 83.8 cm³/mol. The molecule has 1 heterocycles. The minimum atomic E-state index is -0.692. The Labute approximate surface area is 128 Å². The molecule has 2 atom stereocenters. The summed E-state index contributed by atoms with van der Waals surface area (Å²) >= 11 is 0. The summed E-state index contributed by atoms with van der Waals surface area (Å²) in [6.07, 6.45) is 4.81. The second-order valence-electron chi connectivity index (χ2n) is 7.55. The van der Waals surface area contributed by atoms with Gasteiger partial charge in [0.25, 0.3) is 0 Å². The number of nitrogens with one attached hydrogen (secondary N) is 1. The molecule has 1 aliphatic heterocycles. The lowest BCUT2D eigenvalue weighted by Crippen LogP contribution is -2.74. The van der Waals surface area contributed by atoms with Gasteiger partial charge < -0.3 is 10.2 Å². The van der Waals surface area contributed by atoms with Crippen LogP contribution in [0.5, 0.6) is 0 Å². The standard InChI is InChI=1S/C17H30N2O2/c1-6-16(4)14(20)18-17(5,13-9-10-13)15(21)19(16)11-7-8-12(2)3/h12-13H,6-11H2,1-5H3,(H,18,20). The Bertz CT molecular complexity index is 431. The molecule has 1 aliphatic carbocycles. The van der Waals surface area contributed by atoms with Gasteiger partial charge in [0.2, 0.25) is 11.8 Å². The van der Waals surface area contributed by atoms with Gasteiger partial charge in [-0.25, -0.2) is 0 Å². The quantitative estimate of drug-likeness (QED) is 0.819. The highest BCUT2D eigenvalue weighted by atomic mass is 16.2. The third-order valence-electron chi connectivity index (χ3n) is 5.39. The van der Waals surface area contributed by atoms with E-state index in [0.717, 1.165) is 25.7 Å². The Kier molecular flexibility index (Phi) is 4.36. The minimum absolute atomic E-state index is 0.0172. The van der Waals surface area contributed by atoms with Crippen molar-refractivity contribution in [3.8, 4) is 0 Å². The Morgan fingerprint density at radius 3 is 2.38 bits per heavy atom. The molecule has 2 fully saturated rings. The van der Waals surface area contributed by atoms with Crippen molar-refractivity contribution < 1.29 is 9.59 Å². The lowest BCUT2D eigenvalue weighted by molar-refractivity contribution is -0.163. The smallest absolute Gasteiger partial charge is 0.249 e. The Hall–Kier alpha value is -1.06. The van der Waals surface area contributed by atoms with Crippen LogP contribution in [0.25, 0.3) is 0 Å². The fourth-order valence-corrected chi connectivity index (χ4v) is 3.35. The van der Waals surface area contributed by atoms with E-state index in [1.807, 2.05) is 25.7 Å². The number of amides is 2. The van der Waals surface area contributed by atoms with Crippen molar-refractivity contribution in [3.05, 3.63) is 0 Å². The molecular weight excluding hydrogens is 264 g/mol. The summed E-state index contributed by atoms with van der Waals surface area (Å²) in [5.41, 5.74) is -1.37. The average Bonchev–Trinajstić information content (AvgIpc) is 3.25. The molecule has 4 nitrogen and oxygen atoms in total. The first-order valence-electron chi connectivity index (χ1n) is 8.40. The number of nitrogens with zero attached hydrogens (tertiary/aromatic N) is 1. The minimum Gasteiger partial charge on any atom is -0.340 e. The molecule has 1 N–H and O–H groups in total. The van der Waals surface area contributed by atoms with E-state index in [4.69, 9.17) is 0 Å². The van der Waals surface area contributed by atoms with Crippen LogP contribution in [0, 0.1) is 11.8 Å². The number of hydrogen-bond acceptors (Lipinski definition) is 2. The normalized spacial score (nSPS) is 33.5. The zero-order valence-electron chi connectivity index (χ0n) is 14.2. The molecule has 1 saturated heterocycles. The summed E-state index contributed by atoms with van der Waals surface area (Å²) in [6.45, 7) is 10.9. The maximum absolute atomic E-state index is 13.0. The van der Waals surface area contributed by atoms with Crippen LogP contribution in [-0.4, -0.2) is 34.3 Å². The molecule has 0 aromatic carbocycles. The zero-order chi connectivity index (χ0) is 15.8. The molecule has 4 heteroatoms. The predicted octanol–water partition coefficient (Wildman–Crippen LogP) is 2.72. The molecule has 0 spiro atoms. The summed E-state index contributed by atoms with van der Waals surface area (Å²) in [5, 5.41) is 3.05. The lowest BCUT2D eigenvalue weighted by atomic mass is 9.82. The van der Waals surface area contributed by atoms with Crippen LogP contribution in [0.3, 0.4) is 0 Å². The van der Waals surface area contributed by atoms with Crippen LogP contribution < -0.4 is 5.32 Å². The molecule has 0 bridgehead atoms. The number of hydrogen-bond donors (Lipinski definition) is 1. The summed E-state index contributed by atoms with van der Waals surface area (Å²) in [4.78, 5) is 27.5. The van der Waals surface area contributed by atoms with Gasteiger partial charge in [-0.15, -0.1) is 0 Å². The third-order valence-corrected chi connectivity index (χ3v) is 5.39. The molecule has 1 saturated carbocycles. The second-order valence-corrected chi connectivity index (χ2v) is 7.55. The van der Waals surface area contributed by atoms with Gasteiger partial charge >= 0.3 is 0 Å². The van der Waals surface area contributed by atoms with Crippen LogP contribution in [0.1, 0.15) is 66.7 Å². The van der Waals surface area contributed by atoms with E-state index in [2.05, 4.69) is 19.2 Å². The van der Waals surface area contributed by atoms with Crippen molar-refractivity contribution in [2.24, 2.45) is 11.8 Å². The van der Waals surface area contributed by atoms with Gasteiger partial charge in [0.05, 0.1) is 0 Å². The molecule has 0 radical (unpaired) electrons. The molecular formula is C17H30N2O2. The SMILES string of the molecule is CCC1(C)C(=O)NC(C)(C2CC2)C(=O)N1CCCC(C)C. The van der Waals surface area contributed by atoms with Crippen molar-refractivity contribution >= 4 is 11.8 Å². The van der Waals surface area contributed by atoms with Crippen molar-refractivity contribution in [3.63, 3.8) is 0 Å². The van der Waals surface area contributed by atoms with Crippen molar-refractivity contribution in [2.45, 2.75) is 77.8 Å². The van der Waals surface area contributed by atoms with E-state index < -0.39 is 11.1 Å². The molecule has 2 aliphatic rings. The maximum atomic E-state index is 13.0. The molecule has 120 valence electrons. The number of carbonyl (C=O) groups excluding carboxylic acids is 2. The van der Waals surface area contributed by atoms with Gasteiger partial charge in [-0.05, 0) is 57.8 Å². The van der Waals surface area contributed by atoms with Crippen molar-refractivity contribution in [1.82, 2.24) is 10.2 Å². The molecule has 0 aromatic rings. The molecule has 0 aromatic heterocycles. The van der Waals surface area contributed by atoms with Gasteiger partial charge in [0, 0.05) is 6.54 Å². The molecule has 21 heavy (non-hydrogen) atoms. The van der Waals surface area contributed by atoms with Crippen LogP contribution in [-0.2, 0) is 9.59 Å². The fraction of sp³-hybridized carbons (Fsp3) is 0.882. The van der Waals surface area contributed by atoms with Gasteiger partial charge in [-0.3, -0.25) is 9.59 Å². The van der Waals surface area contributed by atoms with E-state index in [1.165, 1.54) is 0 Å². The van der Waals surface area contributed by atoms with Gasteiger partial charge in [0.1, 0.15) is 11.1 Å². The van der Waals surface area contributed by atoms with Gasteiger partial charge in [0.15, 0.2) is 0 Å². The van der Waals surface area contributed by atoms with Crippen LogP contribution in [0.15, 0.2) is 0 Å². The highest BCUT2D eigenvalue weighted by molar-refractivity contribution is 6.02. The van der Waals surface area contributed by atoms with Crippen LogP contribution in [0.2, 0.25) is 0 Å². The second kappa shape index (κ2) is 5.62. The van der Waals surface area contributed by atoms with E-state index in [0.29, 0.717) is 24.8 Å². The number of rotatable bonds is 6. The molecule has 2 unspecified atom stereocenters. The highest BCUT2D eigenvalue weighted by Crippen LogP contribution is 2.44. The fourth-order valence-electron chi connectivity index (χ4n) is 3.35. The lowest BCUT2D eigenvalue weighted by Gasteiger charge is -2.50. The molecule has 2 amide bonds. The summed E-state index contributed by atoms with van der Waals surface area (Å²) in [6, 6.07) is 0. The number of carbonyl (C=O) groups is 2. The summed E-state index contributed by atoms with van der Waals surface area (Å²) in [5.74, 6) is 1.09. The van der Waals surface area contributed by atoms with Crippen molar-refractivity contribution in [1.29, 1.82) is 0 Å². The number of piperazine rings is 1. The summed E-state index contributed by atoms with van der Waals surface area (Å²) in [7, 11) is 0. The van der Waals surface area contributed by atoms with E-state index in [9.17, 15) is 9.59 Å². The van der Waals surface area contributed by atoms with E-state index in [1.54, 1.807) is 0 Å².